The van der Waals surface area contributed by atoms with Gasteiger partial charge in [0, 0.05) is 6.20 Å². The van der Waals surface area contributed by atoms with Gasteiger partial charge in [-0.1, -0.05) is 24.2 Å². The van der Waals surface area contributed by atoms with Crippen LogP contribution in [0.15, 0.2) is 30.7 Å². The SMILES string of the molecule is O=C(Nc1cn(-c2cccnc2)nc1Cl)C(F)(F)S. The number of nitrogens with zero attached hydrogens (tertiary/aromatic N) is 3. The summed E-state index contributed by atoms with van der Waals surface area (Å²) in [5, 5.41) is 1.90. The fourth-order valence-corrected chi connectivity index (χ4v) is 1.49. The van der Waals surface area contributed by atoms with Gasteiger partial charge in [-0.3, -0.25) is 9.78 Å². The van der Waals surface area contributed by atoms with Crippen LogP contribution in [0, 0.1) is 0 Å². The van der Waals surface area contributed by atoms with Crippen LogP contribution in [0.25, 0.3) is 5.69 Å². The van der Waals surface area contributed by atoms with Crippen LogP contribution in [0.1, 0.15) is 0 Å². The molecule has 0 aliphatic rings. The van der Waals surface area contributed by atoms with Gasteiger partial charge in [-0.15, -0.1) is 0 Å². The number of rotatable bonds is 3. The number of hydrogen-bond acceptors (Lipinski definition) is 4. The number of hydrogen-bond donors (Lipinski definition) is 2. The molecule has 0 atom stereocenters. The van der Waals surface area contributed by atoms with E-state index in [0.29, 0.717) is 5.69 Å². The van der Waals surface area contributed by atoms with Crippen molar-refractivity contribution in [3.05, 3.63) is 35.9 Å². The molecule has 2 aromatic heterocycles. The Hall–Kier alpha value is -1.67. The van der Waals surface area contributed by atoms with E-state index in [-0.39, 0.29) is 10.8 Å². The fourth-order valence-electron chi connectivity index (χ4n) is 1.26. The largest absolute Gasteiger partial charge is 0.368 e. The minimum Gasteiger partial charge on any atom is -0.316 e. The molecule has 0 radical (unpaired) electrons. The van der Waals surface area contributed by atoms with E-state index in [4.69, 9.17) is 11.6 Å². The second kappa shape index (κ2) is 5.14. The highest BCUT2D eigenvalue weighted by Gasteiger charge is 2.34. The van der Waals surface area contributed by atoms with Gasteiger partial charge in [0.05, 0.1) is 23.8 Å². The topological polar surface area (TPSA) is 59.8 Å². The highest BCUT2D eigenvalue weighted by Crippen LogP contribution is 2.25. The summed E-state index contributed by atoms with van der Waals surface area (Å²) in [5.74, 6) is -1.58. The standard InChI is InChI=1S/C10H7ClF2N4OS/c11-8-7(15-9(18)10(12,13)19)5-17(16-8)6-2-1-3-14-4-6/h1-5,19H,(H,15,18). The van der Waals surface area contributed by atoms with E-state index in [2.05, 4.69) is 22.7 Å². The molecule has 0 aliphatic heterocycles. The minimum atomic E-state index is -3.79. The zero-order valence-electron chi connectivity index (χ0n) is 9.22. The van der Waals surface area contributed by atoms with Crippen molar-refractivity contribution in [2.75, 3.05) is 5.32 Å². The summed E-state index contributed by atoms with van der Waals surface area (Å²) in [5.41, 5.74) is 0.534. The molecule has 0 saturated heterocycles. The Morgan fingerprint density at radius 3 is 2.84 bits per heavy atom. The monoisotopic (exact) mass is 304 g/mol. The number of amides is 1. The molecule has 1 amide bonds. The molecule has 0 saturated carbocycles. The molecule has 5 nitrogen and oxygen atoms in total. The smallest absolute Gasteiger partial charge is 0.316 e. The van der Waals surface area contributed by atoms with E-state index in [1.165, 1.54) is 17.1 Å². The first-order valence-corrected chi connectivity index (χ1v) is 5.77. The number of alkyl halides is 2. The fraction of sp³-hybridized carbons (Fsp3) is 0.100. The molecule has 2 aromatic rings. The number of halogens is 3. The highest BCUT2D eigenvalue weighted by molar-refractivity contribution is 7.82. The Morgan fingerprint density at radius 1 is 1.53 bits per heavy atom. The summed E-state index contributed by atoms with van der Waals surface area (Å²) in [6.07, 6.45) is 4.37. The summed E-state index contributed by atoms with van der Waals surface area (Å²) in [6.45, 7) is 0. The third kappa shape index (κ3) is 3.21. The van der Waals surface area contributed by atoms with Crippen molar-refractivity contribution in [3.8, 4) is 5.69 Å². The van der Waals surface area contributed by atoms with Crippen molar-refractivity contribution in [1.82, 2.24) is 14.8 Å². The first kappa shape index (κ1) is 13.8. The van der Waals surface area contributed by atoms with Crippen molar-refractivity contribution in [1.29, 1.82) is 0 Å². The number of carbonyl (C=O) groups is 1. The van der Waals surface area contributed by atoms with Crippen molar-refractivity contribution in [2.24, 2.45) is 0 Å². The van der Waals surface area contributed by atoms with Gasteiger partial charge in [0.1, 0.15) is 0 Å². The van der Waals surface area contributed by atoms with Crippen LogP contribution in [0.3, 0.4) is 0 Å². The summed E-state index contributed by atoms with van der Waals surface area (Å²) < 4.78 is 26.6. The molecule has 1 N–H and O–H groups in total. The lowest BCUT2D eigenvalue weighted by molar-refractivity contribution is -0.129. The summed E-state index contributed by atoms with van der Waals surface area (Å²) in [4.78, 5) is 15.0. The number of carbonyl (C=O) groups excluding carboxylic acids is 1. The predicted molar refractivity (Wildman–Crippen MR) is 68.9 cm³/mol. The van der Waals surface area contributed by atoms with Crippen LogP contribution < -0.4 is 5.32 Å². The maximum Gasteiger partial charge on any atom is 0.368 e. The van der Waals surface area contributed by atoms with E-state index in [1.54, 1.807) is 18.3 Å². The number of pyridine rings is 1. The van der Waals surface area contributed by atoms with E-state index >= 15 is 0 Å². The molecule has 100 valence electrons. The third-order valence-corrected chi connectivity index (χ3v) is 2.58. The van der Waals surface area contributed by atoms with Crippen LogP contribution in [-0.2, 0) is 4.79 Å². The van der Waals surface area contributed by atoms with Crippen molar-refractivity contribution in [2.45, 2.75) is 5.25 Å². The maximum absolute atomic E-state index is 12.6. The van der Waals surface area contributed by atoms with Crippen molar-refractivity contribution < 1.29 is 13.6 Å². The van der Waals surface area contributed by atoms with Crippen LogP contribution >= 0.6 is 24.2 Å². The molecular weight excluding hydrogens is 298 g/mol. The van der Waals surface area contributed by atoms with Gasteiger partial charge >= 0.3 is 11.2 Å². The first-order chi connectivity index (χ1) is 8.88. The summed E-state index contributed by atoms with van der Waals surface area (Å²) >= 11 is 8.62. The summed E-state index contributed by atoms with van der Waals surface area (Å²) in [7, 11) is 0. The molecule has 0 bridgehead atoms. The van der Waals surface area contributed by atoms with E-state index in [1.807, 2.05) is 5.32 Å². The lowest BCUT2D eigenvalue weighted by atomic mass is 10.4. The van der Waals surface area contributed by atoms with Gasteiger partial charge in [0.15, 0.2) is 5.15 Å². The summed E-state index contributed by atoms with van der Waals surface area (Å²) in [6, 6.07) is 3.36. The van der Waals surface area contributed by atoms with Gasteiger partial charge in [-0.05, 0) is 12.1 Å². The Morgan fingerprint density at radius 2 is 2.26 bits per heavy atom. The number of thiol groups is 1. The second-order valence-corrected chi connectivity index (χ2v) is 4.40. The van der Waals surface area contributed by atoms with Gasteiger partial charge in [0.25, 0.3) is 0 Å². The van der Waals surface area contributed by atoms with Gasteiger partial charge in [-0.25, -0.2) is 4.68 Å². The molecule has 19 heavy (non-hydrogen) atoms. The third-order valence-electron chi connectivity index (χ3n) is 2.10. The minimum absolute atomic E-state index is 0.0377. The molecule has 0 fully saturated rings. The van der Waals surface area contributed by atoms with Crippen molar-refractivity contribution >= 4 is 35.8 Å². The Bertz CT molecular complexity index is 599. The van der Waals surface area contributed by atoms with E-state index < -0.39 is 11.2 Å². The molecule has 2 rings (SSSR count). The van der Waals surface area contributed by atoms with Gasteiger partial charge in [0.2, 0.25) is 0 Å². The van der Waals surface area contributed by atoms with Gasteiger partial charge < -0.3 is 5.32 Å². The van der Waals surface area contributed by atoms with Crippen molar-refractivity contribution in [3.63, 3.8) is 0 Å². The van der Waals surface area contributed by atoms with Crippen LogP contribution in [0.2, 0.25) is 5.15 Å². The normalized spacial score (nSPS) is 11.4. The predicted octanol–water partition coefficient (Wildman–Crippen LogP) is 2.38. The van der Waals surface area contributed by atoms with Crippen LogP contribution in [-0.4, -0.2) is 25.9 Å². The zero-order valence-corrected chi connectivity index (χ0v) is 10.9. The Labute approximate surface area is 117 Å². The number of anilines is 1. The number of nitrogens with one attached hydrogen (secondary N) is 1. The maximum atomic E-state index is 12.6. The molecule has 0 spiro atoms. The molecule has 0 unspecified atom stereocenters. The quantitative estimate of drug-likeness (QED) is 0.856. The average molecular weight is 305 g/mol. The lowest BCUT2D eigenvalue weighted by Gasteiger charge is -2.08. The van der Waals surface area contributed by atoms with E-state index in [9.17, 15) is 13.6 Å². The Kier molecular flexibility index (Phi) is 3.72. The molecular formula is C10H7ClF2N4OS. The average Bonchev–Trinajstić information content (AvgIpc) is 2.71. The zero-order chi connectivity index (χ0) is 14.0. The Balaban J connectivity index is 2.25. The molecule has 2 heterocycles. The molecule has 0 aliphatic carbocycles. The molecule has 9 heteroatoms. The first-order valence-electron chi connectivity index (χ1n) is 4.95. The number of aromatic nitrogens is 3. The van der Waals surface area contributed by atoms with Crippen LogP contribution in [0.4, 0.5) is 14.5 Å². The lowest BCUT2D eigenvalue weighted by Crippen LogP contribution is -2.29. The molecule has 0 aromatic carbocycles. The van der Waals surface area contributed by atoms with Gasteiger partial charge in [-0.2, -0.15) is 13.9 Å². The second-order valence-electron chi connectivity index (χ2n) is 3.48. The highest BCUT2D eigenvalue weighted by atomic mass is 35.5. The van der Waals surface area contributed by atoms with Crippen LogP contribution in [0.5, 0.6) is 0 Å². The van der Waals surface area contributed by atoms with E-state index in [0.717, 1.165) is 0 Å².